The van der Waals surface area contributed by atoms with Gasteiger partial charge in [-0.15, -0.1) is 0 Å². The van der Waals surface area contributed by atoms with E-state index in [2.05, 4.69) is 0 Å². The van der Waals surface area contributed by atoms with Crippen molar-refractivity contribution in [3.8, 4) is 5.75 Å². The molecule has 0 spiro atoms. The zero-order valence-electron chi connectivity index (χ0n) is 10.7. The molecular formula is C16H12Cl2O2. The molecule has 0 bridgehead atoms. The summed E-state index contributed by atoms with van der Waals surface area (Å²) in [7, 11) is 0. The Balaban J connectivity index is 2.32. The number of ketones is 1. The molecule has 0 heterocycles. The van der Waals surface area contributed by atoms with Crippen molar-refractivity contribution >= 4 is 35.1 Å². The third-order valence-electron chi connectivity index (χ3n) is 2.82. The summed E-state index contributed by atoms with van der Waals surface area (Å²) in [6.07, 6.45) is 2.90. The molecule has 0 aliphatic carbocycles. The van der Waals surface area contributed by atoms with E-state index >= 15 is 0 Å². The first kappa shape index (κ1) is 14.6. The van der Waals surface area contributed by atoms with Crippen molar-refractivity contribution in [3.63, 3.8) is 0 Å². The minimum absolute atomic E-state index is 0.0458. The molecule has 0 atom stereocenters. The number of benzene rings is 2. The second-order valence-electron chi connectivity index (χ2n) is 4.35. The van der Waals surface area contributed by atoms with Gasteiger partial charge in [0.1, 0.15) is 5.75 Å². The summed E-state index contributed by atoms with van der Waals surface area (Å²) in [6.45, 7) is 1.85. The van der Waals surface area contributed by atoms with Crippen LogP contribution in [-0.2, 0) is 0 Å². The van der Waals surface area contributed by atoms with Crippen LogP contribution in [0.1, 0.15) is 21.5 Å². The van der Waals surface area contributed by atoms with Crippen molar-refractivity contribution in [1.29, 1.82) is 0 Å². The average molecular weight is 307 g/mol. The van der Waals surface area contributed by atoms with Gasteiger partial charge in [-0.2, -0.15) is 0 Å². The smallest absolute Gasteiger partial charge is 0.189 e. The maximum absolute atomic E-state index is 12.1. The monoisotopic (exact) mass is 306 g/mol. The second-order valence-corrected chi connectivity index (χ2v) is 5.17. The summed E-state index contributed by atoms with van der Waals surface area (Å²) < 4.78 is 0. The number of allylic oxidation sites excluding steroid dienone is 1. The molecule has 4 heteroatoms. The van der Waals surface area contributed by atoms with Gasteiger partial charge in [-0.3, -0.25) is 4.79 Å². The van der Waals surface area contributed by atoms with Gasteiger partial charge in [-0.05, 0) is 43.3 Å². The molecule has 20 heavy (non-hydrogen) atoms. The summed E-state index contributed by atoms with van der Waals surface area (Å²) in [5.74, 6) is -0.349. The first-order valence-electron chi connectivity index (χ1n) is 5.95. The van der Waals surface area contributed by atoms with Crippen LogP contribution in [-0.4, -0.2) is 10.9 Å². The van der Waals surface area contributed by atoms with Crippen molar-refractivity contribution in [2.45, 2.75) is 6.92 Å². The third-order valence-corrected chi connectivity index (χ3v) is 3.48. The number of phenols is 1. The van der Waals surface area contributed by atoms with Crippen molar-refractivity contribution in [2.75, 3.05) is 0 Å². The Morgan fingerprint density at radius 2 is 1.80 bits per heavy atom. The maximum Gasteiger partial charge on any atom is 0.189 e. The minimum atomic E-state index is -0.304. The number of aryl methyl sites for hydroxylation is 1. The van der Waals surface area contributed by atoms with E-state index in [0.29, 0.717) is 15.6 Å². The predicted molar refractivity (Wildman–Crippen MR) is 82.7 cm³/mol. The Morgan fingerprint density at radius 1 is 1.15 bits per heavy atom. The fraction of sp³-hybridized carbons (Fsp3) is 0.0625. The summed E-state index contributed by atoms with van der Waals surface area (Å²) in [6, 6.07) is 10.00. The van der Waals surface area contributed by atoms with Gasteiger partial charge in [-0.25, -0.2) is 0 Å². The number of rotatable bonds is 3. The lowest BCUT2D eigenvalue weighted by Gasteiger charge is -2.03. The summed E-state index contributed by atoms with van der Waals surface area (Å²) in [4.78, 5) is 12.1. The Hall–Kier alpha value is -1.77. The molecule has 0 radical (unpaired) electrons. The number of phenolic OH excluding ortho intramolecular Hbond substituents is 1. The predicted octanol–water partition coefficient (Wildman–Crippen LogP) is 4.90. The van der Waals surface area contributed by atoms with Gasteiger partial charge < -0.3 is 5.11 Å². The number of aromatic hydroxyl groups is 1. The van der Waals surface area contributed by atoms with Crippen molar-refractivity contribution in [1.82, 2.24) is 0 Å². The number of carbonyl (C=O) groups excluding carboxylic acids is 1. The zero-order valence-corrected chi connectivity index (χ0v) is 12.2. The molecule has 0 aliphatic rings. The molecule has 2 nitrogen and oxygen atoms in total. The van der Waals surface area contributed by atoms with Crippen LogP contribution in [0.4, 0.5) is 0 Å². The van der Waals surface area contributed by atoms with E-state index in [9.17, 15) is 9.90 Å². The maximum atomic E-state index is 12.1. The van der Waals surface area contributed by atoms with Crippen molar-refractivity contribution in [3.05, 3.63) is 69.2 Å². The van der Waals surface area contributed by atoms with E-state index in [-0.39, 0.29) is 17.1 Å². The fourth-order valence-electron chi connectivity index (χ4n) is 1.77. The van der Waals surface area contributed by atoms with Crippen LogP contribution in [0.15, 0.2) is 42.5 Å². The molecule has 2 aromatic rings. The SMILES string of the molecule is Cc1ccc(O)c(C(=O)C=Cc2c(Cl)cccc2Cl)c1. The van der Waals surface area contributed by atoms with Crippen LogP contribution in [0.2, 0.25) is 10.0 Å². The molecule has 0 aromatic heterocycles. The van der Waals surface area contributed by atoms with E-state index in [4.69, 9.17) is 23.2 Å². The van der Waals surface area contributed by atoms with Crippen molar-refractivity contribution in [2.24, 2.45) is 0 Å². The molecule has 102 valence electrons. The van der Waals surface area contributed by atoms with Crippen LogP contribution in [0.3, 0.4) is 0 Å². The van der Waals surface area contributed by atoms with E-state index in [1.165, 1.54) is 12.1 Å². The molecule has 0 fully saturated rings. The topological polar surface area (TPSA) is 37.3 Å². The normalized spacial score (nSPS) is 10.9. The first-order chi connectivity index (χ1) is 9.49. The highest BCUT2D eigenvalue weighted by Crippen LogP contribution is 2.26. The third kappa shape index (κ3) is 3.21. The molecule has 1 N–H and O–H groups in total. The highest BCUT2D eigenvalue weighted by molar-refractivity contribution is 6.37. The quantitative estimate of drug-likeness (QED) is 0.646. The van der Waals surface area contributed by atoms with Gasteiger partial charge in [0.2, 0.25) is 0 Å². The molecule has 0 amide bonds. The number of carbonyl (C=O) groups is 1. The molecule has 0 saturated heterocycles. The summed E-state index contributed by atoms with van der Waals surface area (Å²) in [5, 5.41) is 10.6. The molecule has 2 rings (SSSR count). The molecule has 0 unspecified atom stereocenters. The Kier molecular flexibility index (Phi) is 4.48. The molecule has 0 saturated carbocycles. The van der Waals surface area contributed by atoms with E-state index in [1.54, 1.807) is 36.4 Å². The summed E-state index contributed by atoms with van der Waals surface area (Å²) in [5.41, 5.74) is 1.73. The molecular weight excluding hydrogens is 295 g/mol. The minimum Gasteiger partial charge on any atom is -0.507 e. The van der Waals surface area contributed by atoms with Crippen LogP contribution in [0.5, 0.6) is 5.75 Å². The van der Waals surface area contributed by atoms with Crippen LogP contribution < -0.4 is 0 Å². The second kappa shape index (κ2) is 6.12. The number of hydrogen-bond donors (Lipinski definition) is 1. The van der Waals surface area contributed by atoms with E-state index in [1.807, 2.05) is 6.92 Å². The lowest BCUT2D eigenvalue weighted by atomic mass is 10.1. The largest absolute Gasteiger partial charge is 0.507 e. The van der Waals surface area contributed by atoms with Gasteiger partial charge in [0.05, 0.1) is 5.56 Å². The fourth-order valence-corrected chi connectivity index (χ4v) is 2.29. The lowest BCUT2D eigenvalue weighted by molar-refractivity contribution is 0.104. The lowest BCUT2D eigenvalue weighted by Crippen LogP contribution is -1.95. The number of hydrogen-bond acceptors (Lipinski definition) is 2. The van der Waals surface area contributed by atoms with Gasteiger partial charge in [0, 0.05) is 15.6 Å². The Bertz CT molecular complexity index is 671. The first-order valence-corrected chi connectivity index (χ1v) is 6.70. The van der Waals surface area contributed by atoms with E-state index in [0.717, 1.165) is 5.56 Å². The average Bonchev–Trinajstić information content (AvgIpc) is 2.40. The highest BCUT2D eigenvalue weighted by atomic mass is 35.5. The Morgan fingerprint density at radius 3 is 2.45 bits per heavy atom. The van der Waals surface area contributed by atoms with Crippen LogP contribution in [0.25, 0.3) is 6.08 Å². The zero-order chi connectivity index (χ0) is 14.7. The number of halogens is 2. The summed E-state index contributed by atoms with van der Waals surface area (Å²) >= 11 is 12.0. The molecule has 2 aromatic carbocycles. The van der Waals surface area contributed by atoms with Crippen molar-refractivity contribution < 1.29 is 9.90 Å². The van der Waals surface area contributed by atoms with Gasteiger partial charge >= 0.3 is 0 Å². The van der Waals surface area contributed by atoms with Crippen LogP contribution in [0, 0.1) is 6.92 Å². The highest BCUT2D eigenvalue weighted by Gasteiger charge is 2.09. The molecule has 0 aliphatic heterocycles. The van der Waals surface area contributed by atoms with Gasteiger partial charge in [0.25, 0.3) is 0 Å². The van der Waals surface area contributed by atoms with Gasteiger partial charge in [-0.1, -0.05) is 40.9 Å². The standard InChI is InChI=1S/C16H12Cl2O2/c1-10-5-7-15(19)12(9-10)16(20)8-6-11-13(17)3-2-4-14(11)18/h2-9,19H,1H3. The Labute approximate surface area is 127 Å². The van der Waals surface area contributed by atoms with Gasteiger partial charge in [0.15, 0.2) is 5.78 Å². The van der Waals surface area contributed by atoms with Crippen LogP contribution >= 0.6 is 23.2 Å². The van der Waals surface area contributed by atoms with E-state index < -0.39 is 0 Å².